The van der Waals surface area contributed by atoms with Gasteiger partial charge < -0.3 is 14.7 Å². The van der Waals surface area contributed by atoms with E-state index in [1.807, 2.05) is 23.6 Å². The van der Waals surface area contributed by atoms with E-state index in [9.17, 15) is 9.18 Å². The summed E-state index contributed by atoms with van der Waals surface area (Å²) in [6.45, 7) is 8.32. The van der Waals surface area contributed by atoms with Crippen LogP contribution < -0.4 is 9.80 Å². The van der Waals surface area contributed by atoms with Crippen molar-refractivity contribution in [2.45, 2.75) is 13.8 Å². The molecule has 1 aromatic heterocycles. The van der Waals surface area contributed by atoms with Crippen LogP contribution in [-0.4, -0.2) is 60.0 Å². The number of hydrogen-bond acceptors (Lipinski definition) is 5. The minimum Gasteiger partial charge on any atom is -0.368 e. The molecule has 0 N–H and O–H groups in total. The Balaban J connectivity index is 1.65. The van der Waals surface area contributed by atoms with Crippen molar-refractivity contribution < 1.29 is 9.18 Å². The lowest BCUT2D eigenvalue weighted by Gasteiger charge is -2.36. The molecule has 0 bridgehead atoms. The number of hydrogen-bond donors (Lipinski definition) is 0. The number of nitrogens with zero attached hydrogens (tertiary/aromatic N) is 5. The maximum atomic E-state index is 13.1. The molecule has 2 heterocycles. The molecule has 7 heteroatoms. The summed E-state index contributed by atoms with van der Waals surface area (Å²) < 4.78 is 13.1. The summed E-state index contributed by atoms with van der Waals surface area (Å²) in [5.74, 6) is 0.278. The van der Waals surface area contributed by atoms with Crippen LogP contribution in [0.1, 0.15) is 24.3 Å². The molecule has 6 nitrogen and oxygen atoms in total. The number of benzene rings is 1. The fourth-order valence-electron chi connectivity index (χ4n) is 3.11. The van der Waals surface area contributed by atoms with Gasteiger partial charge in [-0.3, -0.25) is 4.79 Å². The normalized spacial score (nSPS) is 14.4. The molecule has 1 aliphatic rings. The number of aromatic nitrogens is 2. The number of amides is 1. The van der Waals surface area contributed by atoms with E-state index in [2.05, 4.69) is 14.9 Å². The molecule has 0 spiro atoms. The largest absolute Gasteiger partial charge is 0.368 e. The van der Waals surface area contributed by atoms with Gasteiger partial charge in [-0.05, 0) is 44.2 Å². The minimum atomic E-state index is -0.240. The molecule has 1 aromatic carbocycles. The van der Waals surface area contributed by atoms with E-state index in [4.69, 9.17) is 0 Å². The summed E-state index contributed by atoms with van der Waals surface area (Å²) in [6, 6.07) is 8.13. The molecule has 3 rings (SSSR count). The third-order valence-corrected chi connectivity index (χ3v) is 4.67. The number of halogens is 1. The van der Waals surface area contributed by atoms with E-state index >= 15 is 0 Å². The van der Waals surface area contributed by atoms with E-state index in [-0.39, 0.29) is 11.7 Å². The maximum Gasteiger partial charge on any atom is 0.272 e. The van der Waals surface area contributed by atoms with Gasteiger partial charge in [0, 0.05) is 51.2 Å². The average Bonchev–Trinajstić information content (AvgIpc) is 2.69. The molecular formula is C19H24FN5O. The van der Waals surface area contributed by atoms with Crippen molar-refractivity contribution >= 4 is 17.5 Å². The van der Waals surface area contributed by atoms with Gasteiger partial charge in [-0.15, -0.1) is 0 Å². The first-order valence-electron chi connectivity index (χ1n) is 9.00. The van der Waals surface area contributed by atoms with Crippen molar-refractivity contribution in [1.82, 2.24) is 14.9 Å². The van der Waals surface area contributed by atoms with E-state index in [0.29, 0.717) is 37.8 Å². The van der Waals surface area contributed by atoms with E-state index in [1.54, 1.807) is 24.4 Å². The van der Waals surface area contributed by atoms with Gasteiger partial charge in [-0.1, -0.05) is 0 Å². The van der Waals surface area contributed by atoms with Crippen LogP contribution >= 0.6 is 0 Å². The first-order chi connectivity index (χ1) is 12.6. The summed E-state index contributed by atoms with van der Waals surface area (Å²) in [4.78, 5) is 27.5. The van der Waals surface area contributed by atoms with Gasteiger partial charge in [0.15, 0.2) is 0 Å². The first kappa shape index (κ1) is 18.1. The molecule has 1 aliphatic heterocycles. The molecule has 0 unspecified atom stereocenters. The molecule has 0 atom stereocenters. The van der Waals surface area contributed by atoms with Crippen molar-refractivity contribution in [2.75, 3.05) is 49.1 Å². The quantitative estimate of drug-likeness (QED) is 0.823. The van der Waals surface area contributed by atoms with Gasteiger partial charge in [0.25, 0.3) is 5.91 Å². The lowest BCUT2D eigenvalue weighted by atomic mass is 10.2. The molecule has 1 amide bonds. The van der Waals surface area contributed by atoms with Gasteiger partial charge in [-0.2, -0.15) is 0 Å². The second-order valence-electron chi connectivity index (χ2n) is 6.17. The fourth-order valence-corrected chi connectivity index (χ4v) is 3.11. The third kappa shape index (κ3) is 3.92. The van der Waals surface area contributed by atoms with Crippen LogP contribution in [-0.2, 0) is 0 Å². The maximum absolute atomic E-state index is 13.1. The summed E-state index contributed by atoms with van der Waals surface area (Å²) in [6.07, 6.45) is 1.64. The van der Waals surface area contributed by atoms with Gasteiger partial charge >= 0.3 is 0 Å². The van der Waals surface area contributed by atoms with Crippen LogP contribution in [0, 0.1) is 5.82 Å². The standard InChI is InChI=1S/C19H24FN5O/c1-3-23(4-2)19-21-10-9-17(22-19)18(26)25-13-11-24(12-14-25)16-7-5-15(20)6-8-16/h5-10H,3-4,11-14H2,1-2H3. The van der Waals surface area contributed by atoms with E-state index < -0.39 is 0 Å². The minimum absolute atomic E-state index is 0.0698. The summed E-state index contributed by atoms with van der Waals surface area (Å²) >= 11 is 0. The fraction of sp³-hybridized carbons (Fsp3) is 0.421. The van der Waals surface area contributed by atoms with Crippen LogP contribution in [0.3, 0.4) is 0 Å². The van der Waals surface area contributed by atoms with Gasteiger partial charge in [0.1, 0.15) is 11.5 Å². The molecule has 138 valence electrons. The predicted molar refractivity (Wildman–Crippen MR) is 100 cm³/mol. The zero-order valence-electron chi connectivity index (χ0n) is 15.2. The Morgan fingerprint density at radius 3 is 2.35 bits per heavy atom. The second kappa shape index (κ2) is 8.12. The molecule has 0 saturated carbocycles. The van der Waals surface area contributed by atoms with Crippen LogP contribution in [0.25, 0.3) is 0 Å². The Labute approximate surface area is 153 Å². The highest BCUT2D eigenvalue weighted by Gasteiger charge is 2.23. The molecule has 1 saturated heterocycles. The molecule has 0 radical (unpaired) electrons. The van der Waals surface area contributed by atoms with Crippen molar-refractivity contribution in [2.24, 2.45) is 0 Å². The predicted octanol–water partition coefficient (Wildman–Crippen LogP) is 2.42. The highest BCUT2D eigenvalue weighted by Crippen LogP contribution is 2.18. The SMILES string of the molecule is CCN(CC)c1nccc(C(=O)N2CCN(c3ccc(F)cc3)CC2)n1. The van der Waals surface area contributed by atoms with Gasteiger partial charge in [0.05, 0.1) is 0 Å². The Hall–Kier alpha value is -2.70. The van der Waals surface area contributed by atoms with Crippen LogP contribution in [0.4, 0.5) is 16.0 Å². The molecule has 2 aromatic rings. The molecule has 1 fully saturated rings. The highest BCUT2D eigenvalue weighted by atomic mass is 19.1. The van der Waals surface area contributed by atoms with E-state index in [1.165, 1.54) is 12.1 Å². The number of carbonyl (C=O) groups is 1. The van der Waals surface area contributed by atoms with Gasteiger partial charge in [0.2, 0.25) is 5.95 Å². The number of rotatable bonds is 5. The second-order valence-corrected chi connectivity index (χ2v) is 6.17. The topological polar surface area (TPSA) is 52.6 Å². The Morgan fingerprint density at radius 2 is 1.73 bits per heavy atom. The number of piperazine rings is 1. The van der Waals surface area contributed by atoms with Crippen LogP contribution in [0.2, 0.25) is 0 Å². The molecule has 26 heavy (non-hydrogen) atoms. The zero-order valence-corrected chi connectivity index (χ0v) is 15.2. The molecule has 0 aliphatic carbocycles. The Bertz CT molecular complexity index is 740. The number of carbonyl (C=O) groups excluding carboxylic acids is 1. The first-order valence-corrected chi connectivity index (χ1v) is 9.00. The van der Waals surface area contributed by atoms with Gasteiger partial charge in [-0.25, -0.2) is 14.4 Å². The number of anilines is 2. The summed E-state index contributed by atoms with van der Waals surface area (Å²) in [7, 11) is 0. The third-order valence-electron chi connectivity index (χ3n) is 4.67. The average molecular weight is 357 g/mol. The van der Waals surface area contributed by atoms with E-state index in [0.717, 1.165) is 18.8 Å². The lowest BCUT2D eigenvalue weighted by molar-refractivity contribution is 0.0740. The van der Waals surface area contributed by atoms with Crippen LogP contribution in [0.15, 0.2) is 36.5 Å². The smallest absolute Gasteiger partial charge is 0.272 e. The monoisotopic (exact) mass is 357 g/mol. The summed E-state index contributed by atoms with van der Waals surface area (Å²) in [5.41, 5.74) is 1.40. The molecular weight excluding hydrogens is 333 g/mol. The zero-order chi connectivity index (χ0) is 18.5. The lowest BCUT2D eigenvalue weighted by Crippen LogP contribution is -2.49. The Kier molecular flexibility index (Phi) is 5.65. The van der Waals surface area contributed by atoms with Crippen molar-refractivity contribution in [3.63, 3.8) is 0 Å². The Morgan fingerprint density at radius 1 is 1.08 bits per heavy atom. The highest BCUT2D eigenvalue weighted by molar-refractivity contribution is 5.92. The van der Waals surface area contributed by atoms with Crippen molar-refractivity contribution in [3.8, 4) is 0 Å². The van der Waals surface area contributed by atoms with Crippen molar-refractivity contribution in [1.29, 1.82) is 0 Å². The van der Waals surface area contributed by atoms with Crippen molar-refractivity contribution in [3.05, 3.63) is 48.0 Å². The summed E-state index contributed by atoms with van der Waals surface area (Å²) in [5, 5.41) is 0. The van der Waals surface area contributed by atoms with Crippen LogP contribution in [0.5, 0.6) is 0 Å².